The summed E-state index contributed by atoms with van der Waals surface area (Å²) >= 11 is 0. The minimum absolute atomic E-state index is 0.123. The highest BCUT2D eigenvalue weighted by Gasteiger charge is 2.15. The Morgan fingerprint density at radius 3 is 2.60 bits per heavy atom. The molecule has 0 bridgehead atoms. The van der Waals surface area contributed by atoms with Gasteiger partial charge in [0.25, 0.3) is 0 Å². The zero-order valence-electron chi connectivity index (χ0n) is 6.55. The molecule has 2 heteroatoms. The summed E-state index contributed by atoms with van der Waals surface area (Å²) < 4.78 is 5.04. The Bertz CT molecular complexity index is 122. The molecule has 0 aromatic rings. The van der Waals surface area contributed by atoms with Gasteiger partial charge >= 0.3 is 0 Å². The highest BCUT2D eigenvalue weighted by atomic mass is 16.5. The molecule has 2 nitrogen and oxygen atoms in total. The van der Waals surface area contributed by atoms with E-state index >= 15 is 0 Å². The molecule has 0 aliphatic heterocycles. The number of rotatable bonds is 4. The number of ether oxygens (including phenoxy) is 1. The van der Waals surface area contributed by atoms with Crippen molar-refractivity contribution in [3.63, 3.8) is 0 Å². The van der Waals surface area contributed by atoms with Crippen LogP contribution in [0.15, 0.2) is 0 Å². The van der Waals surface area contributed by atoms with Crippen molar-refractivity contribution in [2.75, 3.05) is 19.8 Å². The van der Waals surface area contributed by atoms with Gasteiger partial charge in [0.2, 0.25) is 0 Å². The van der Waals surface area contributed by atoms with Crippen LogP contribution in [0, 0.1) is 17.8 Å². The maximum Gasteiger partial charge on any atom is 0.107 e. The molecule has 0 saturated carbocycles. The standard InChI is InChI=1S/C8H14O2/c1-4-5-10-7-8(2,3)6-9/h1,9H,5-7H2,2-3H3. The van der Waals surface area contributed by atoms with Crippen LogP contribution in [0.5, 0.6) is 0 Å². The molecule has 1 N–H and O–H groups in total. The third kappa shape index (κ3) is 4.37. The van der Waals surface area contributed by atoms with E-state index in [4.69, 9.17) is 16.3 Å². The fraction of sp³-hybridized carbons (Fsp3) is 0.750. The van der Waals surface area contributed by atoms with Crippen LogP contribution in [-0.2, 0) is 4.74 Å². The van der Waals surface area contributed by atoms with Crippen molar-refractivity contribution in [1.82, 2.24) is 0 Å². The first-order chi connectivity index (χ1) is 4.62. The van der Waals surface area contributed by atoms with Crippen molar-refractivity contribution in [3.05, 3.63) is 0 Å². The SMILES string of the molecule is C#CCOCC(C)(C)CO. The van der Waals surface area contributed by atoms with E-state index in [1.807, 2.05) is 13.8 Å². The summed E-state index contributed by atoms with van der Waals surface area (Å²) in [6.45, 7) is 4.79. The maximum atomic E-state index is 8.76. The molecule has 0 atom stereocenters. The third-order valence-electron chi connectivity index (χ3n) is 1.11. The van der Waals surface area contributed by atoms with Crippen LogP contribution in [-0.4, -0.2) is 24.9 Å². The number of terminal acetylenes is 1. The Balaban J connectivity index is 3.39. The predicted molar refractivity (Wildman–Crippen MR) is 40.5 cm³/mol. The van der Waals surface area contributed by atoms with Gasteiger partial charge in [-0.3, -0.25) is 0 Å². The van der Waals surface area contributed by atoms with E-state index in [1.165, 1.54) is 0 Å². The Morgan fingerprint density at radius 2 is 2.20 bits per heavy atom. The summed E-state index contributed by atoms with van der Waals surface area (Å²) in [7, 11) is 0. The summed E-state index contributed by atoms with van der Waals surface area (Å²) in [6.07, 6.45) is 4.96. The topological polar surface area (TPSA) is 29.5 Å². The van der Waals surface area contributed by atoms with Gasteiger partial charge < -0.3 is 9.84 Å². The lowest BCUT2D eigenvalue weighted by molar-refractivity contribution is 0.0425. The second-order valence-corrected chi connectivity index (χ2v) is 3.02. The number of aliphatic hydroxyl groups excluding tert-OH is 1. The summed E-state index contributed by atoms with van der Waals surface area (Å²) in [5.41, 5.74) is -0.170. The zero-order valence-corrected chi connectivity index (χ0v) is 6.55. The van der Waals surface area contributed by atoms with E-state index in [0.29, 0.717) is 13.2 Å². The van der Waals surface area contributed by atoms with Crippen molar-refractivity contribution in [3.8, 4) is 12.3 Å². The van der Waals surface area contributed by atoms with Crippen molar-refractivity contribution >= 4 is 0 Å². The fourth-order valence-corrected chi connectivity index (χ4v) is 0.432. The predicted octanol–water partition coefficient (Wildman–Crippen LogP) is 0.655. The molecule has 0 aromatic carbocycles. The van der Waals surface area contributed by atoms with Crippen LogP contribution in [0.2, 0.25) is 0 Å². The third-order valence-corrected chi connectivity index (χ3v) is 1.11. The molecule has 0 amide bonds. The molecule has 58 valence electrons. The normalized spacial score (nSPS) is 11.0. The molecular weight excluding hydrogens is 128 g/mol. The molecule has 0 rings (SSSR count). The van der Waals surface area contributed by atoms with Gasteiger partial charge in [0.05, 0.1) is 13.2 Å². The first-order valence-corrected chi connectivity index (χ1v) is 3.24. The van der Waals surface area contributed by atoms with E-state index in [0.717, 1.165) is 0 Å². The van der Waals surface area contributed by atoms with Crippen molar-refractivity contribution in [1.29, 1.82) is 0 Å². The monoisotopic (exact) mass is 142 g/mol. The van der Waals surface area contributed by atoms with E-state index in [-0.39, 0.29) is 12.0 Å². The summed E-state index contributed by atoms with van der Waals surface area (Å²) in [6, 6.07) is 0. The highest BCUT2D eigenvalue weighted by Crippen LogP contribution is 2.12. The minimum atomic E-state index is -0.170. The van der Waals surface area contributed by atoms with Gasteiger partial charge in [0.1, 0.15) is 6.61 Å². The molecule has 0 unspecified atom stereocenters. The molecule has 0 aliphatic carbocycles. The van der Waals surface area contributed by atoms with Crippen LogP contribution >= 0.6 is 0 Å². The molecule has 0 aliphatic rings. The second-order valence-electron chi connectivity index (χ2n) is 3.02. The molecule has 0 fully saturated rings. The number of aliphatic hydroxyl groups is 1. The van der Waals surface area contributed by atoms with Gasteiger partial charge in [-0.25, -0.2) is 0 Å². The number of hydrogen-bond acceptors (Lipinski definition) is 2. The summed E-state index contributed by atoms with van der Waals surface area (Å²) in [5, 5.41) is 8.76. The van der Waals surface area contributed by atoms with Crippen LogP contribution in [0.25, 0.3) is 0 Å². The summed E-state index contributed by atoms with van der Waals surface area (Å²) in [4.78, 5) is 0. The van der Waals surface area contributed by atoms with Crippen molar-refractivity contribution in [2.45, 2.75) is 13.8 Å². The lowest BCUT2D eigenvalue weighted by atomic mass is 9.97. The molecule has 0 saturated heterocycles. The summed E-state index contributed by atoms with van der Waals surface area (Å²) in [5.74, 6) is 2.36. The second kappa shape index (κ2) is 4.32. The van der Waals surface area contributed by atoms with Gasteiger partial charge in [0.15, 0.2) is 0 Å². The number of hydrogen-bond donors (Lipinski definition) is 1. The van der Waals surface area contributed by atoms with Gasteiger partial charge in [0, 0.05) is 5.41 Å². The van der Waals surface area contributed by atoms with Gasteiger partial charge in [-0.05, 0) is 0 Å². The Kier molecular flexibility index (Phi) is 4.10. The van der Waals surface area contributed by atoms with Crippen LogP contribution in [0.3, 0.4) is 0 Å². The Labute approximate surface area is 62.2 Å². The maximum absolute atomic E-state index is 8.76. The van der Waals surface area contributed by atoms with E-state index in [2.05, 4.69) is 5.92 Å². The van der Waals surface area contributed by atoms with Crippen LogP contribution < -0.4 is 0 Å². The average molecular weight is 142 g/mol. The van der Waals surface area contributed by atoms with Gasteiger partial charge in [-0.2, -0.15) is 0 Å². The lowest BCUT2D eigenvalue weighted by Crippen LogP contribution is -2.23. The van der Waals surface area contributed by atoms with Gasteiger partial charge in [-0.1, -0.05) is 19.8 Å². The average Bonchev–Trinajstić information content (AvgIpc) is 1.89. The Morgan fingerprint density at radius 1 is 1.60 bits per heavy atom. The smallest absolute Gasteiger partial charge is 0.107 e. The van der Waals surface area contributed by atoms with Crippen molar-refractivity contribution in [2.24, 2.45) is 5.41 Å². The van der Waals surface area contributed by atoms with Crippen LogP contribution in [0.1, 0.15) is 13.8 Å². The van der Waals surface area contributed by atoms with E-state index in [1.54, 1.807) is 0 Å². The molecule has 10 heavy (non-hydrogen) atoms. The lowest BCUT2D eigenvalue weighted by Gasteiger charge is -2.20. The molecule has 0 radical (unpaired) electrons. The largest absolute Gasteiger partial charge is 0.396 e. The Hall–Kier alpha value is -0.520. The first kappa shape index (κ1) is 9.48. The minimum Gasteiger partial charge on any atom is -0.396 e. The zero-order chi connectivity index (χ0) is 8.04. The van der Waals surface area contributed by atoms with E-state index < -0.39 is 0 Å². The quantitative estimate of drug-likeness (QED) is 0.461. The van der Waals surface area contributed by atoms with Crippen molar-refractivity contribution < 1.29 is 9.84 Å². The molecule has 0 aromatic heterocycles. The first-order valence-electron chi connectivity index (χ1n) is 3.24. The van der Waals surface area contributed by atoms with Gasteiger partial charge in [-0.15, -0.1) is 6.42 Å². The molecule has 0 heterocycles. The highest BCUT2D eigenvalue weighted by molar-refractivity contribution is 4.83. The molecule has 0 spiro atoms. The van der Waals surface area contributed by atoms with E-state index in [9.17, 15) is 0 Å². The molecular formula is C8H14O2. The fourth-order valence-electron chi connectivity index (χ4n) is 0.432. The van der Waals surface area contributed by atoms with Crippen LogP contribution in [0.4, 0.5) is 0 Å².